The number of carboxylic acid groups (broad SMARTS) is 1. The van der Waals surface area contributed by atoms with Gasteiger partial charge in [-0.15, -0.1) is 0 Å². The summed E-state index contributed by atoms with van der Waals surface area (Å²) in [5.41, 5.74) is 0.881. The number of aliphatic carboxylic acids is 1. The van der Waals surface area contributed by atoms with Crippen molar-refractivity contribution in [3.8, 4) is 0 Å². The Morgan fingerprint density at radius 2 is 1.89 bits per heavy atom. The molecule has 0 spiro atoms. The Morgan fingerprint density at radius 3 is 2.42 bits per heavy atom. The van der Waals surface area contributed by atoms with Crippen molar-refractivity contribution in [2.24, 2.45) is 0 Å². The smallest absolute Gasteiger partial charge is 0.333 e. The fraction of sp³-hybridized carbons (Fsp3) is 0.417. The van der Waals surface area contributed by atoms with E-state index >= 15 is 0 Å². The Balaban J connectivity index is 2.58. The third-order valence-corrected chi connectivity index (χ3v) is 4.17. The first kappa shape index (κ1) is 15.6. The first-order chi connectivity index (χ1) is 8.82. The van der Waals surface area contributed by atoms with Gasteiger partial charge in [-0.3, -0.25) is 0 Å². The summed E-state index contributed by atoms with van der Waals surface area (Å²) in [6.45, 7) is 1.24. The van der Waals surface area contributed by atoms with Crippen molar-refractivity contribution in [1.82, 2.24) is 4.72 Å². The zero-order valence-electron chi connectivity index (χ0n) is 10.5. The maximum atomic E-state index is 11.7. The molecular formula is C12H17NO5S. The Labute approximate surface area is 112 Å². The number of carbonyl (C=O) groups is 1. The van der Waals surface area contributed by atoms with Crippen molar-refractivity contribution in [2.45, 2.75) is 18.9 Å². The molecule has 0 aliphatic heterocycles. The number of nitrogens with one attached hydrogen (secondary N) is 1. The van der Waals surface area contributed by atoms with Gasteiger partial charge in [-0.05, 0) is 11.5 Å². The van der Waals surface area contributed by atoms with Gasteiger partial charge in [-0.1, -0.05) is 37.3 Å². The van der Waals surface area contributed by atoms with E-state index in [4.69, 9.17) is 10.2 Å². The Bertz CT molecular complexity index is 514. The van der Waals surface area contributed by atoms with Crippen LogP contribution in [0.1, 0.15) is 18.4 Å². The molecule has 1 rings (SSSR count). The normalized spacial score (nSPS) is 14.8. The van der Waals surface area contributed by atoms with Crippen LogP contribution in [0.5, 0.6) is 0 Å². The van der Waals surface area contributed by atoms with Gasteiger partial charge >= 0.3 is 5.97 Å². The third kappa shape index (κ3) is 5.37. The fourth-order valence-corrected chi connectivity index (χ4v) is 2.94. The lowest BCUT2D eigenvalue weighted by atomic mass is 10.0. The van der Waals surface area contributed by atoms with Crippen molar-refractivity contribution < 1.29 is 23.4 Å². The zero-order valence-corrected chi connectivity index (χ0v) is 11.3. The van der Waals surface area contributed by atoms with Crippen LogP contribution >= 0.6 is 0 Å². The summed E-state index contributed by atoms with van der Waals surface area (Å²) in [5.74, 6) is -1.84. The van der Waals surface area contributed by atoms with Crippen molar-refractivity contribution in [2.75, 3.05) is 12.3 Å². The fourth-order valence-electron chi connectivity index (χ4n) is 1.56. The van der Waals surface area contributed by atoms with E-state index in [-0.39, 0.29) is 11.7 Å². The second kappa shape index (κ2) is 6.65. The highest BCUT2D eigenvalue weighted by Crippen LogP contribution is 2.16. The van der Waals surface area contributed by atoms with Crippen LogP contribution in [0, 0.1) is 0 Å². The molecular weight excluding hydrogens is 270 g/mol. The second-order valence-electron chi connectivity index (χ2n) is 4.30. The Kier molecular flexibility index (Phi) is 5.46. The lowest BCUT2D eigenvalue weighted by molar-refractivity contribution is -0.146. The first-order valence-electron chi connectivity index (χ1n) is 5.75. The maximum absolute atomic E-state index is 11.7. The minimum atomic E-state index is -3.63. The summed E-state index contributed by atoms with van der Waals surface area (Å²) in [6, 6.07) is 9.13. The highest BCUT2D eigenvalue weighted by molar-refractivity contribution is 7.89. The molecule has 0 aliphatic carbocycles. The molecule has 3 N–H and O–H groups in total. The number of hydrogen-bond donors (Lipinski definition) is 3. The molecule has 0 saturated carbocycles. The largest absolute Gasteiger partial charge is 0.479 e. The van der Waals surface area contributed by atoms with E-state index in [2.05, 4.69) is 4.72 Å². The van der Waals surface area contributed by atoms with Gasteiger partial charge in [-0.2, -0.15) is 0 Å². The summed E-state index contributed by atoms with van der Waals surface area (Å²) in [7, 11) is -3.63. The van der Waals surface area contributed by atoms with Gasteiger partial charge in [0.1, 0.15) is 0 Å². The summed E-state index contributed by atoms with van der Waals surface area (Å²) in [5, 5.41) is 17.5. The number of hydrogen-bond acceptors (Lipinski definition) is 4. The van der Waals surface area contributed by atoms with Gasteiger partial charge in [0.2, 0.25) is 10.0 Å². The van der Waals surface area contributed by atoms with E-state index in [1.807, 2.05) is 30.3 Å². The van der Waals surface area contributed by atoms with Crippen LogP contribution in [0.4, 0.5) is 0 Å². The molecule has 1 aromatic carbocycles. The molecule has 1 unspecified atom stereocenters. The Hall–Kier alpha value is -1.44. The maximum Gasteiger partial charge on any atom is 0.333 e. The summed E-state index contributed by atoms with van der Waals surface area (Å²) in [4.78, 5) is 10.4. The minimum Gasteiger partial charge on any atom is -0.479 e. The molecule has 2 atom stereocenters. The van der Waals surface area contributed by atoms with Gasteiger partial charge < -0.3 is 10.2 Å². The van der Waals surface area contributed by atoms with Gasteiger partial charge in [0.25, 0.3) is 0 Å². The molecule has 19 heavy (non-hydrogen) atoms. The Morgan fingerprint density at radius 1 is 1.32 bits per heavy atom. The molecule has 6 nitrogen and oxygen atoms in total. The number of benzene rings is 1. The molecule has 0 heterocycles. The quantitative estimate of drug-likeness (QED) is 0.662. The van der Waals surface area contributed by atoms with Crippen molar-refractivity contribution in [3.05, 3.63) is 35.9 Å². The molecule has 0 aromatic heterocycles. The highest BCUT2D eigenvalue weighted by atomic mass is 32.2. The zero-order chi connectivity index (χ0) is 14.5. The highest BCUT2D eigenvalue weighted by Gasteiger charge is 2.20. The average Bonchev–Trinajstić information content (AvgIpc) is 2.36. The van der Waals surface area contributed by atoms with Crippen molar-refractivity contribution >= 4 is 16.0 Å². The van der Waals surface area contributed by atoms with Gasteiger partial charge in [0.05, 0.1) is 5.75 Å². The molecule has 0 radical (unpaired) electrons. The first-order valence-corrected chi connectivity index (χ1v) is 7.40. The van der Waals surface area contributed by atoms with E-state index < -0.39 is 28.6 Å². The van der Waals surface area contributed by atoms with Gasteiger partial charge in [0, 0.05) is 6.54 Å². The molecule has 0 amide bonds. The third-order valence-electron chi connectivity index (χ3n) is 2.62. The molecule has 0 bridgehead atoms. The predicted octanol–water partition coefficient (Wildman–Crippen LogP) is 0.155. The van der Waals surface area contributed by atoms with E-state index in [9.17, 15) is 13.2 Å². The number of rotatable bonds is 7. The molecule has 0 aliphatic rings. The van der Waals surface area contributed by atoms with Crippen LogP contribution in [-0.2, 0) is 14.8 Å². The van der Waals surface area contributed by atoms with Gasteiger partial charge in [-0.25, -0.2) is 17.9 Å². The SMILES string of the molecule is CC(CS(=O)(=O)NC[C@H](O)C(=O)O)c1ccccc1. The number of aliphatic hydroxyl groups excluding tert-OH is 1. The van der Waals surface area contributed by atoms with Crippen molar-refractivity contribution in [3.63, 3.8) is 0 Å². The van der Waals surface area contributed by atoms with Crippen LogP contribution < -0.4 is 4.72 Å². The van der Waals surface area contributed by atoms with Crippen LogP contribution in [0.15, 0.2) is 30.3 Å². The summed E-state index contributed by atoms with van der Waals surface area (Å²) < 4.78 is 25.5. The molecule has 7 heteroatoms. The second-order valence-corrected chi connectivity index (χ2v) is 6.15. The predicted molar refractivity (Wildman–Crippen MR) is 70.3 cm³/mol. The standard InChI is InChI=1S/C12H17NO5S/c1-9(10-5-3-2-4-6-10)8-19(17,18)13-7-11(14)12(15)16/h2-6,9,11,13-14H,7-8H2,1H3,(H,15,16)/t9?,11-/m0/s1. The minimum absolute atomic E-state index is 0.163. The van der Waals surface area contributed by atoms with Crippen LogP contribution in [0.25, 0.3) is 0 Å². The summed E-state index contributed by atoms with van der Waals surface area (Å²) in [6.07, 6.45) is -1.73. The molecule has 1 aromatic rings. The average molecular weight is 287 g/mol. The van der Waals surface area contributed by atoms with E-state index in [0.717, 1.165) is 5.56 Å². The van der Waals surface area contributed by atoms with Crippen LogP contribution in [0.2, 0.25) is 0 Å². The van der Waals surface area contributed by atoms with Crippen molar-refractivity contribution in [1.29, 1.82) is 0 Å². The number of sulfonamides is 1. The lowest BCUT2D eigenvalue weighted by Crippen LogP contribution is -2.38. The summed E-state index contributed by atoms with van der Waals surface area (Å²) >= 11 is 0. The van der Waals surface area contributed by atoms with Crippen LogP contribution in [-0.4, -0.2) is 43.0 Å². The van der Waals surface area contributed by atoms with E-state index in [1.165, 1.54) is 0 Å². The topological polar surface area (TPSA) is 104 Å². The van der Waals surface area contributed by atoms with E-state index in [0.29, 0.717) is 0 Å². The van der Waals surface area contributed by atoms with Crippen LogP contribution in [0.3, 0.4) is 0 Å². The monoisotopic (exact) mass is 287 g/mol. The number of carboxylic acids is 1. The van der Waals surface area contributed by atoms with Gasteiger partial charge in [0.15, 0.2) is 6.10 Å². The molecule has 0 saturated heterocycles. The lowest BCUT2D eigenvalue weighted by Gasteiger charge is -2.14. The number of aliphatic hydroxyl groups is 1. The van der Waals surface area contributed by atoms with E-state index in [1.54, 1.807) is 6.92 Å². The molecule has 0 fully saturated rings. The molecule has 106 valence electrons.